The van der Waals surface area contributed by atoms with Crippen LogP contribution in [0.15, 0.2) is 29.4 Å². The highest BCUT2D eigenvalue weighted by atomic mass is 16.6. The van der Waals surface area contributed by atoms with Crippen molar-refractivity contribution < 1.29 is 24.1 Å². The molecule has 1 aromatic rings. The van der Waals surface area contributed by atoms with Gasteiger partial charge in [0.2, 0.25) is 0 Å². The molecule has 0 aliphatic rings. The third kappa shape index (κ3) is 5.73. The van der Waals surface area contributed by atoms with Crippen molar-refractivity contribution in [1.82, 2.24) is 0 Å². The summed E-state index contributed by atoms with van der Waals surface area (Å²) in [5.41, 5.74) is 8.03. The number of amides is 1. The van der Waals surface area contributed by atoms with Gasteiger partial charge in [-0.25, -0.2) is 4.79 Å². The number of rotatable bonds is 6. The van der Waals surface area contributed by atoms with Gasteiger partial charge in [0.25, 0.3) is 0 Å². The van der Waals surface area contributed by atoms with Gasteiger partial charge in [-0.15, -0.1) is 0 Å². The minimum Gasteiger partial charge on any atom is -0.491 e. The minimum absolute atomic E-state index is 0.0890. The van der Waals surface area contributed by atoms with E-state index in [1.165, 1.54) is 19.2 Å². The van der Waals surface area contributed by atoms with Crippen molar-refractivity contribution >= 4 is 6.09 Å². The number of aliphatic hydroxyl groups is 1. The largest absolute Gasteiger partial charge is 0.491 e. The Labute approximate surface area is 109 Å². The summed E-state index contributed by atoms with van der Waals surface area (Å²) in [4.78, 5) is 13.2. The van der Waals surface area contributed by atoms with Crippen LogP contribution in [0.3, 0.4) is 0 Å². The molecule has 0 bridgehead atoms. The number of carbonyl (C=O) groups excluding carboxylic acids is 1. The van der Waals surface area contributed by atoms with Crippen molar-refractivity contribution in [2.24, 2.45) is 5.11 Å². The fraction of sp³-hybridized carbons (Fsp3) is 0.364. The summed E-state index contributed by atoms with van der Waals surface area (Å²) in [5, 5.41) is 12.1. The molecule has 1 rings (SSSR count). The van der Waals surface area contributed by atoms with E-state index in [0.717, 1.165) is 0 Å². The van der Waals surface area contributed by atoms with E-state index in [0.29, 0.717) is 5.75 Å². The van der Waals surface area contributed by atoms with Gasteiger partial charge in [0.15, 0.2) is 0 Å². The quantitative estimate of drug-likeness (QED) is 0.480. The van der Waals surface area contributed by atoms with Gasteiger partial charge in [-0.1, -0.05) is 0 Å². The van der Waals surface area contributed by atoms with Crippen LogP contribution in [-0.4, -0.2) is 37.6 Å². The Balaban J connectivity index is 2.47. The topological polar surface area (TPSA) is 114 Å². The number of azide groups is 1. The van der Waals surface area contributed by atoms with Crippen molar-refractivity contribution in [1.29, 1.82) is 0 Å². The average molecular weight is 267 g/mol. The molecule has 8 nitrogen and oxygen atoms in total. The van der Waals surface area contributed by atoms with Gasteiger partial charge in [-0.2, -0.15) is 0 Å². The highest BCUT2D eigenvalue weighted by molar-refractivity contribution is 5.71. The van der Waals surface area contributed by atoms with Gasteiger partial charge >= 0.3 is 6.09 Å². The van der Waals surface area contributed by atoms with E-state index in [1.807, 2.05) is 0 Å². The molecule has 1 atom stereocenters. The van der Waals surface area contributed by atoms with Crippen LogP contribution < -0.4 is 9.47 Å². The Morgan fingerprint density at radius 3 is 2.58 bits per heavy atom. The summed E-state index contributed by atoms with van der Waals surface area (Å²) in [6.45, 7) is 0.271. The lowest BCUT2D eigenvalue weighted by atomic mass is 10.3. The van der Waals surface area contributed by atoms with E-state index in [4.69, 9.17) is 15.0 Å². The zero-order valence-electron chi connectivity index (χ0n) is 10.2. The van der Waals surface area contributed by atoms with Gasteiger partial charge < -0.3 is 19.3 Å². The molecule has 0 aliphatic heterocycles. The lowest BCUT2D eigenvalue weighted by Gasteiger charge is -2.11. The van der Waals surface area contributed by atoms with E-state index >= 15 is 0 Å². The summed E-state index contributed by atoms with van der Waals surface area (Å²) in [5.74, 6) is 0.723. The van der Waals surface area contributed by atoms with Crippen LogP contribution in [0.25, 0.3) is 10.4 Å². The molecule has 1 unspecified atom stereocenters. The first-order valence-electron chi connectivity index (χ1n) is 5.32. The lowest BCUT2D eigenvalue weighted by Crippen LogP contribution is -2.22. The number of methoxy groups -OCH3 is 1. The average Bonchev–Trinajstić information content (AvgIpc) is 2.38. The summed E-state index contributed by atoms with van der Waals surface area (Å²) < 4.78 is 14.7. The van der Waals surface area contributed by atoms with Crippen molar-refractivity contribution in [3.8, 4) is 11.5 Å². The van der Waals surface area contributed by atoms with Gasteiger partial charge in [-0.05, 0) is 29.8 Å². The van der Waals surface area contributed by atoms with E-state index in [-0.39, 0.29) is 19.0 Å². The summed E-state index contributed by atoms with van der Waals surface area (Å²) in [7, 11) is 1.48. The number of ether oxygens (including phenoxy) is 3. The molecule has 1 amide bonds. The Bertz CT molecular complexity index is 456. The van der Waals surface area contributed by atoms with Crippen molar-refractivity contribution in [3.63, 3.8) is 0 Å². The molecule has 0 aliphatic carbocycles. The van der Waals surface area contributed by atoms with Crippen LogP contribution in [0.2, 0.25) is 0 Å². The smallest absolute Gasteiger partial charge is 0.402 e. The minimum atomic E-state index is -1.04. The zero-order valence-corrected chi connectivity index (χ0v) is 10.2. The Morgan fingerprint density at radius 1 is 1.37 bits per heavy atom. The summed E-state index contributed by atoms with van der Waals surface area (Å²) in [6, 6.07) is 6.06. The van der Waals surface area contributed by atoms with E-state index in [1.54, 1.807) is 12.1 Å². The molecular formula is C11H13N3O5. The maximum atomic E-state index is 10.9. The molecule has 1 N–H and O–H groups in total. The second-order valence-electron chi connectivity index (χ2n) is 3.45. The van der Waals surface area contributed by atoms with Crippen LogP contribution >= 0.6 is 0 Å². The molecular weight excluding hydrogens is 254 g/mol. The van der Waals surface area contributed by atoms with Crippen molar-refractivity contribution in [2.75, 3.05) is 20.3 Å². The highest BCUT2D eigenvalue weighted by Gasteiger charge is 2.05. The Kier molecular flexibility index (Phi) is 6.17. The second-order valence-corrected chi connectivity index (χ2v) is 3.45. The molecule has 0 saturated heterocycles. The number of hydrogen-bond acceptors (Lipinski definition) is 5. The molecule has 0 spiro atoms. The second kappa shape index (κ2) is 7.93. The third-order valence-electron chi connectivity index (χ3n) is 1.96. The highest BCUT2D eigenvalue weighted by Crippen LogP contribution is 2.18. The number of aliphatic hydroxyl groups excluding tert-OH is 1. The SMILES string of the molecule is COCC(O)COc1ccc(OC(=O)N=[N+]=[N-])cc1. The van der Waals surface area contributed by atoms with Crippen molar-refractivity contribution in [2.45, 2.75) is 6.10 Å². The number of carbonyl (C=O) groups is 1. The fourth-order valence-electron chi connectivity index (χ4n) is 1.19. The number of hydrogen-bond donors (Lipinski definition) is 1. The monoisotopic (exact) mass is 267 g/mol. The molecule has 0 heterocycles. The molecule has 8 heteroatoms. The standard InChI is InChI=1S/C11H13N3O5/c1-17-6-8(15)7-18-9-2-4-10(5-3-9)19-11(16)13-14-12/h2-5,8,15H,6-7H2,1H3. The lowest BCUT2D eigenvalue weighted by molar-refractivity contribution is 0.0325. The first-order valence-corrected chi connectivity index (χ1v) is 5.32. The maximum absolute atomic E-state index is 10.9. The maximum Gasteiger partial charge on any atom is 0.402 e. The molecule has 19 heavy (non-hydrogen) atoms. The fourth-order valence-corrected chi connectivity index (χ4v) is 1.19. The van der Waals surface area contributed by atoms with Crippen LogP contribution in [0.4, 0.5) is 4.79 Å². The molecule has 0 saturated carbocycles. The normalized spacial score (nSPS) is 11.3. The molecule has 0 aromatic heterocycles. The molecule has 102 valence electrons. The Hall–Kier alpha value is -2.28. The van der Waals surface area contributed by atoms with E-state index < -0.39 is 12.2 Å². The van der Waals surface area contributed by atoms with E-state index in [2.05, 4.69) is 14.8 Å². The van der Waals surface area contributed by atoms with Crippen LogP contribution in [0.5, 0.6) is 11.5 Å². The summed E-state index contributed by atoms with van der Waals surface area (Å²) >= 11 is 0. The number of benzene rings is 1. The molecule has 0 radical (unpaired) electrons. The van der Waals surface area contributed by atoms with Gasteiger partial charge in [0, 0.05) is 17.1 Å². The van der Waals surface area contributed by atoms with Crippen LogP contribution in [0, 0.1) is 0 Å². The van der Waals surface area contributed by atoms with Gasteiger partial charge in [0.05, 0.1) is 6.61 Å². The van der Waals surface area contributed by atoms with Crippen LogP contribution in [-0.2, 0) is 4.74 Å². The first-order chi connectivity index (χ1) is 9.15. The predicted molar refractivity (Wildman–Crippen MR) is 65.0 cm³/mol. The van der Waals surface area contributed by atoms with Crippen LogP contribution in [0.1, 0.15) is 0 Å². The number of nitrogens with zero attached hydrogens (tertiary/aromatic N) is 3. The third-order valence-corrected chi connectivity index (χ3v) is 1.96. The zero-order chi connectivity index (χ0) is 14.1. The van der Waals surface area contributed by atoms with Gasteiger partial charge in [0.1, 0.15) is 24.2 Å². The van der Waals surface area contributed by atoms with Gasteiger partial charge in [-0.3, -0.25) is 0 Å². The predicted octanol–water partition coefficient (Wildman–Crippen LogP) is 1.88. The summed E-state index contributed by atoms with van der Waals surface area (Å²) in [6.07, 6.45) is -1.75. The molecule has 0 fully saturated rings. The van der Waals surface area contributed by atoms with Crippen molar-refractivity contribution in [3.05, 3.63) is 34.7 Å². The molecule has 1 aromatic carbocycles. The first kappa shape index (κ1) is 14.8. The Morgan fingerprint density at radius 2 is 2.00 bits per heavy atom. The van der Waals surface area contributed by atoms with E-state index in [9.17, 15) is 9.90 Å².